The van der Waals surface area contributed by atoms with E-state index in [0.717, 1.165) is 12.0 Å². The lowest BCUT2D eigenvalue weighted by atomic mass is 10.0. The Balaban J connectivity index is 1.46. The summed E-state index contributed by atoms with van der Waals surface area (Å²) in [4.78, 5) is 5.40. The van der Waals surface area contributed by atoms with Gasteiger partial charge in [0.25, 0.3) is 0 Å². The molecule has 3 heteroatoms. The van der Waals surface area contributed by atoms with E-state index in [4.69, 9.17) is 5.73 Å². The number of likely N-dealkylation sites (tertiary alicyclic amines) is 2. The van der Waals surface area contributed by atoms with Gasteiger partial charge in [0.1, 0.15) is 0 Å². The minimum atomic E-state index is 0.487. The van der Waals surface area contributed by atoms with Gasteiger partial charge in [-0.2, -0.15) is 0 Å². The zero-order valence-electron chi connectivity index (χ0n) is 11.0. The molecule has 1 aliphatic carbocycles. The van der Waals surface area contributed by atoms with Crippen molar-refractivity contribution in [3.63, 3.8) is 0 Å². The molecule has 3 unspecified atom stereocenters. The summed E-state index contributed by atoms with van der Waals surface area (Å²) in [5.74, 6) is 0.785. The first-order valence-corrected chi connectivity index (χ1v) is 7.55. The second-order valence-electron chi connectivity index (χ2n) is 6.30. The SMILES string of the molecule is NC1CCCC1CN1CCC(N2CCCC2)C1. The Kier molecular flexibility index (Phi) is 3.69. The Morgan fingerprint density at radius 3 is 2.47 bits per heavy atom. The molecule has 3 fully saturated rings. The zero-order valence-corrected chi connectivity index (χ0v) is 11.0. The summed E-state index contributed by atoms with van der Waals surface area (Å²) < 4.78 is 0. The van der Waals surface area contributed by atoms with Crippen molar-refractivity contribution in [2.45, 2.75) is 50.6 Å². The lowest BCUT2D eigenvalue weighted by Crippen LogP contribution is -2.38. The molecule has 2 heterocycles. The monoisotopic (exact) mass is 237 g/mol. The van der Waals surface area contributed by atoms with Gasteiger partial charge in [0.15, 0.2) is 0 Å². The summed E-state index contributed by atoms with van der Waals surface area (Å²) in [7, 11) is 0. The number of hydrogen-bond acceptors (Lipinski definition) is 3. The second-order valence-corrected chi connectivity index (χ2v) is 6.30. The van der Waals surface area contributed by atoms with Gasteiger partial charge in [-0.05, 0) is 57.7 Å². The van der Waals surface area contributed by atoms with Crippen LogP contribution in [0, 0.1) is 5.92 Å². The van der Waals surface area contributed by atoms with E-state index in [1.165, 1.54) is 71.2 Å². The van der Waals surface area contributed by atoms with Crippen LogP contribution in [0.15, 0.2) is 0 Å². The molecular weight excluding hydrogens is 210 g/mol. The van der Waals surface area contributed by atoms with Crippen LogP contribution in [0.5, 0.6) is 0 Å². The van der Waals surface area contributed by atoms with Gasteiger partial charge in [-0.15, -0.1) is 0 Å². The van der Waals surface area contributed by atoms with Crippen LogP contribution in [0.3, 0.4) is 0 Å². The predicted octanol–water partition coefficient (Wildman–Crippen LogP) is 1.28. The van der Waals surface area contributed by atoms with Crippen LogP contribution in [0.4, 0.5) is 0 Å². The summed E-state index contributed by atoms with van der Waals surface area (Å²) in [6.45, 7) is 6.59. The third-order valence-corrected chi connectivity index (χ3v) is 5.12. The van der Waals surface area contributed by atoms with Crippen molar-refractivity contribution in [1.29, 1.82) is 0 Å². The molecule has 0 bridgehead atoms. The first kappa shape index (κ1) is 11.9. The van der Waals surface area contributed by atoms with E-state index in [0.29, 0.717) is 6.04 Å². The minimum absolute atomic E-state index is 0.487. The van der Waals surface area contributed by atoms with Crippen LogP contribution in [-0.4, -0.2) is 54.6 Å². The highest BCUT2D eigenvalue weighted by molar-refractivity contribution is 4.89. The van der Waals surface area contributed by atoms with Gasteiger partial charge in [-0.3, -0.25) is 4.90 Å². The first-order chi connectivity index (χ1) is 8.33. The highest BCUT2D eigenvalue weighted by atomic mass is 15.3. The molecule has 1 saturated carbocycles. The van der Waals surface area contributed by atoms with E-state index in [1.807, 2.05) is 0 Å². The van der Waals surface area contributed by atoms with E-state index < -0.39 is 0 Å². The van der Waals surface area contributed by atoms with E-state index in [-0.39, 0.29) is 0 Å². The molecule has 0 spiro atoms. The molecule has 0 aromatic rings. The van der Waals surface area contributed by atoms with Crippen molar-refractivity contribution in [3.05, 3.63) is 0 Å². The lowest BCUT2D eigenvalue weighted by Gasteiger charge is -2.26. The largest absolute Gasteiger partial charge is 0.327 e. The predicted molar refractivity (Wildman–Crippen MR) is 71.0 cm³/mol. The molecule has 98 valence electrons. The van der Waals surface area contributed by atoms with Gasteiger partial charge >= 0.3 is 0 Å². The molecule has 0 radical (unpaired) electrons. The average molecular weight is 237 g/mol. The number of hydrogen-bond donors (Lipinski definition) is 1. The van der Waals surface area contributed by atoms with Crippen molar-refractivity contribution in [2.75, 3.05) is 32.7 Å². The van der Waals surface area contributed by atoms with Crippen LogP contribution in [0.1, 0.15) is 38.5 Å². The average Bonchev–Trinajstić information content (AvgIpc) is 3.02. The number of nitrogens with zero attached hydrogens (tertiary/aromatic N) is 2. The van der Waals surface area contributed by atoms with Crippen molar-refractivity contribution in [2.24, 2.45) is 11.7 Å². The Labute approximate surface area is 105 Å². The normalized spacial score (nSPS) is 40.4. The van der Waals surface area contributed by atoms with E-state index >= 15 is 0 Å². The van der Waals surface area contributed by atoms with Gasteiger partial charge in [0.2, 0.25) is 0 Å². The molecule has 0 aromatic carbocycles. The van der Waals surface area contributed by atoms with Gasteiger partial charge in [-0.25, -0.2) is 0 Å². The minimum Gasteiger partial charge on any atom is -0.327 e. The van der Waals surface area contributed by atoms with Gasteiger partial charge in [0.05, 0.1) is 0 Å². The Hall–Kier alpha value is -0.120. The summed E-state index contributed by atoms with van der Waals surface area (Å²) >= 11 is 0. The van der Waals surface area contributed by atoms with Crippen LogP contribution >= 0.6 is 0 Å². The van der Waals surface area contributed by atoms with Crippen LogP contribution in [0.2, 0.25) is 0 Å². The highest BCUT2D eigenvalue weighted by Gasteiger charge is 2.32. The number of nitrogens with two attached hydrogens (primary N) is 1. The van der Waals surface area contributed by atoms with Gasteiger partial charge in [0, 0.05) is 25.2 Å². The van der Waals surface area contributed by atoms with Crippen LogP contribution < -0.4 is 5.73 Å². The van der Waals surface area contributed by atoms with Crippen molar-refractivity contribution in [3.8, 4) is 0 Å². The third-order valence-electron chi connectivity index (χ3n) is 5.12. The molecule has 0 amide bonds. The maximum absolute atomic E-state index is 6.18. The molecule has 3 rings (SSSR count). The molecule has 17 heavy (non-hydrogen) atoms. The summed E-state index contributed by atoms with van der Waals surface area (Å²) in [5.41, 5.74) is 6.18. The van der Waals surface area contributed by atoms with Crippen LogP contribution in [0.25, 0.3) is 0 Å². The van der Waals surface area contributed by atoms with Crippen molar-refractivity contribution >= 4 is 0 Å². The van der Waals surface area contributed by atoms with Crippen molar-refractivity contribution in [1.82, 2.24) is 9.80 Å². The van der Waals surface area contributed by atoms with E-state index in [9.17, 15) is 0 Å². The molecule has 3 nitrogen and oxygen atoms in total. The lowest BCUT2D eigenvalue weighted by molar-refractivity contribution is 0.215. The molecular formula is C14H27N3. The first-order valence-electron chi connectivity index (χ1n) is 7.55. The maximum atomic E-state index is 6.18. The smallest absolute Gasteiger partial charge is 0.0235 e. The Morgan fingerprint density at radius 2 is 1.76 bits per heavy atom. The topological polar surface area (TPSA) is 32.5 Å². The molecule has 0 aromatic heterocycles. The molecule has 2 aliphatic heterocycles. The second kappa shape index (κ2) is 5.25. The fourth-order valence-electron chi connectivity index (χ4n) is 4.01. The Morgan fingerprint density at radius 1 is 0.941 bits per heavy atom. The standard InChI is InChI=1S/C14H27N3/c15-14-5-3-4-12(14)10-16-9-6-13(11-16)17-7-1-2-8-17/h12-14H,1-11,15H2. The highest BCUT2D eigenvalue weighted by Crippen LogP contribution is 2.27. The van der Waals surface area contributed by atoms with Crippen molar-refractivity contribution < 1.29 is 0 Å². The zero-order chi connectivity index (χ0) is 11.7. The third kappa shape index (κ3) is 2.67. The molecule has 2 saturated heterocycles. The number of rotatable bonds is 3. The molecule has 3 atom stereocenters. The van der Waals surface area contributed by atoms with Crippen LogP contribution in [-0.2, 0) is 0 Å². The quantitative estimate of drug-likeness (QED) is 0.803. The van der Waals surface area contributed by atoms with E-state index in [1.54, 1.807) is 0 Å². The summed E-state index contributed by atoms with van der Waals surface area (Å²) in [6.07, 6.45) is 8.21. The fraction of sp³-hybridized carbons (Fsp3) is 1.00. The molecule has 2 N–H and O–H groups in total. The summed E-state index contributed by atoms with van der Waals surface area (Å²) in [5, 5.41) is 0. The van der Waals surface area contributed by atoms with Gasteiger partial charge < -0.3 is 10.6 Å². The van der Waals surface area contributed by atoms with Gasteiger partial charge in [-0.1, -0.05) is 6.42 Å². The Bertz CT molecular complexity index is 250. The maximum Gasteiger partial charge on any atom is 0.0235 e. The van der Waals surface area contributed by atoms with E-state index in [2.05, 4.69) is 9.80 Å². The summed E-state index contributed by atoms with van der Waals surface area (Å²) in [6, 6.07) is 1.34. The fourth-order valence-corrected chi connectivity index (χ4v) is 4.01. The molecule has 3 aliphatic rings.